The van der Waals surface area contributed by atoms with Crippen LogP contribution in [0.1, 0.15) is 33.6 Å². The van der Waals surface area contributed by atoms with Gasteiger partial charge in [-0.1, -0.05) is 0 Å². The second kappa shape index (κ2) is 6.90. The molecular formula is C13H24N2O5. The molecule has 0 saturated carbocycles. The smallest absolute Gasteiger partial charge is 0.329 e. The van der Waals surface area contributed by atoms with Crippen LogP contribution in [0.2, 0.25) is 0 Å². The zero-order valence-corrected chi connectivity index (χ0v) is 12.3. The molecule has 0 bridgehead atoms. The molecular weight excluding hydrogens is 264 g/mol. The fourth-order valence-corrected chi connectivity index (χ4v) is 2.11. The standard InChI is InChI=1S/C13H24N2O5/c1-4-20-12(2,3)9-14-11(18)15-13(10(16)17)5-7-19-8-6-13/h4-9H2,1-3H3,(H,16,17)(H2,14,15,18). The van der Waals surface area contributed by atoms with Gasteiger partial charge in [-0.25, -0.2) is 9.59 Å². The molecule has 1 aliphatic heterocycles. The van der Waals surface area contributed by atoms with Gasteiger partial charge in [0.15, 0.2) is 0 Å². The maximum atomic E-state index is 11.9. The first-order chi connectivity index (χ1) is 9.31. The van der Waals surface area contributed by atoms with Crippen LogP contribution in [-0.4, -0.2) is 54.6 Å². The number of hydrogen-bond acceptors (Lipinski definition) is 4. The van der Waals surface area contributed by atoms with Gasteiger partial charge in [0.25, 0.3) is 0 Å². The maximum Gasteiger partial charge on any atom is 0.329 e. The number of ether oxygens (including phenoxy) is 2. The van der Waals surface area contributed by atoms with E-state index in [4.69, 9.17) is 9.47 Å². The Morgan fingerprint density at radius 2 is 1.95 bits per heavy atom. The highest BCUT2D eigenvalue weighted by molar-refractivity contribution is 5.86. The summed E-state index contributed by atoms with van der Waals surface area (Å²) in [6.45, 7) is 7.11. The van der Waals surface area contributed by atoms with Gasteiger partial charge >= 0.3 is 12.0 Å². The van der Waals surface area contributed by atoms with Crippen LogP contribution in [-0.2, 0) is 14.3 Å². The number of aliphatic carboxylic acids is 1. The zero-order chi connectivity index (χ0) is 15.2. The number of carboxylic acid groups (broad SMARTS) is 1. The first kappa shape index (κ1) is 16.7. The number of hydrogen-bond donors (Lipinski definition) is 3. The molecule has 0 aliphatic carbocycles. The van der Waals surface area contributed by atoms with Crippen LogP contribution < -0.4 is 10.6 Å². The van der Waals surface area contributed by atoms with E-state index in [-0.39, 0.29) is 12.8 Å². The number of carbonyl (C=O) groups is 2. The molecule has 0 atom stereocenters. The first-order valence-corrected chi connectivity index (χ1v) is 6.82. The van der Waals surface area contributed by atoms with Crippen molar-refractivity contribution in [3.63, 3.8) is 0 Å². The predicted molar refractivity (Wildman–Crippen MR) is 72.7 cm³/mol. The van der Waals surface area contributed by atoms with Gasteiger partial charge in [0.05, 0.1) is 5.60 Å². The lowest BCUT2D eigenvalue weighted by Gasteiger charge is -2.34. The molecule has 0 aromatic heterocycles. The molecule has 1 fully saturated rings. The number of carbonyl (C=O) groups excluding carboxylic acids is 1. The second-order valence-corrected chi connectivity index (χ2v) is 5.50. The average Bonchev–Trinajstić information content (AvgIpc) is 2.37. The Morgan fingerprint density at radius 1 is 1.35 bits per heavy atom. The Kier molecular flexibility index (Phi) is 5.76. The molecule has 1 heterocycles. The summed E-state index contributed by atoms with van der Waals surface area (Å²) < 4.78 is 10.6. The summed E-state index contributed by atoms with van der Waals surface area (Å²) in [5.41, 5.74) is -1.73. The van der Waals surface area contributed by atoms with Crippen LogP contribution >= 0.6 is 0 Å². The summed E-state index contributed by atoms with van der Waals surface area (Å²) in [4.78, 5) is 23.3. The van der Waals surface area contributed by atoms with Crippen LogP contribution in [0.5, 0.6) is 0 Å². The number of rotatable bonds is 6. The van der Waals surface area contributed by atoms with Crippen molar-refractivity contribution in [3.05, 3.63) is 0 Å². The summed E-state index contributed by atoms with van der Waals surface area (Å²) >= 11 is 0. The Hall–Kier alpha value is -1.34. The maximum absolute atomic E-state index is 11.9. The van der Waals surface area contributed by atoms with Gasteiger partial charge in [-0.05, 0) is 20.8 Å². The monoisotopic (exact) mass is 288 g/mol. The molecule has 1 aliphatic rings. The number of urea groups is 1. The third-order valence-electron chi connectivity index (χ3n) is 3.32. The summed E-state index contributed by atoms with van der Waals surface area (Å²) in [6.07, 6.45) is 0.537. The van der Waals surface area contributed by atoms with Gasteiger partial charge in [0.1, 0.15) is 5.54 Å². The molecule has 3 N–H and O–H groups in total. The molecule has 116 valence electrons. The molecule has 0 aromatic carbocycles. The highest BCUT2D eigenvalue weighted by Gasteiger charge is 2.41. The van der Waals surface area contributed by atoms with E-state index in [2.05, 4.69) is 10.6 Å². The molecule has 0 aromatic rings. The Bertz CT molecular complexity index is 351. The summed E-state index contributed by atoms with van der Waals surface area (Å²) in [5, 5.41) is 14.5. The topological polar surface area (TPSA) is 96.9 Å². The van der Waals surface area contributed by atoms with Crippen molar-refractivity contribution < 1.29 is 24.2 Å². The minimum Gasteiger partial charge on any atom is -0.480 e. The van der Waals surface area contributed by atoms with E-state index in [9.17, 15) is 14.7 Å². The summed E-state index contributed by atoms with van der Waals surface area (Å²) in [7, 11) is 0. The summed E-state index contributed by atoms with van der Waals surface area (Å²) in [5.74, 6) is -1.03. The highest BCUT2D eigenvalue weighted by atomic mass is 16.5. The van der Waals surface area contributed by atoms with Gasteiger partial charge in [-0.3, -0.25) is 0 Å². The van der Waals surface area contributed by atoms with Crippen molar-refractivity contribution in [1.29, 1.82) is 0 Å². The number of nitrogens with one attached hydrogen (secondary N) is 2. The zero-order valence-electron chi connectivity index (χ0n) is 12.3. The third kappa shape index (κ3) is 4.64. The SMILES string of the molecule is CCOC(C)(C)CNC(=O)NC1(C(=O)O)CCOCC1. The van der Waals surface area contributed by atoms with Gasteiger partial charge in [-0.15, -0.1) is 0 Å². The van der Waals surface area contributed by atoms with Crippen LogP contribution in [0.15, 0.2) is 0 Å². The highest BCUT2D eigenvalue weighted by Crippen LogP contribution is 2.21. The number of amides is 2. The predicted octanol–water partition coefficient (Wildman–Crippen LogP) is 0.735. The van der Waals surface area contributed by atoms with Crippen LogP contribution in [0.3, 0.4) is 0 Å². The lowest BCUT2D eigenvalue weighted by molar-refractivity contribution is -0.148. The van der Waals surface area contributed by atoms with Crippen molar-refractivity contribution in [3.8, 4) is 0 Å². The van der Waals surface area contributed by atoms with Crippen molar-refractivity contribution >= 4 is 12.0 Å². The Labute approximate surface area is 119 Å². The average molecular weight is 288 g/mol. The molecule has 1 saturated heterocycles. The van der Waals surface area contributed by atoms with Crippen molar-refractivity contribution in [2.24, 2.45) is 0 Å². The normalized spacial score (nSPS) is 18.4. The third-order valence-corrected chi connectivity index (χ3v) is 3.32. The van der Waals surface area contributed by atoms with Gasteiger partial charge in [0, 0.05) is 39.2 Å². The molecule has 0 radical (unpaired) electrons. The Morgan fingerprint density at radius 3 is 2.45 bits per heavy atom. The quantitative estimate of drug-likeness (QED) is 0.669. The van der Waals surface area contributed by atoms with Crippen LogP contribution in [0.4, 0.5) is 4.79 Å². The molecule has 0 unspecified atom stereocenters. The van der Waals surface area contributed by atoms with E-state index in [0.29, 0.717) is 26.4 Å². The molecule has 2 amide bonds. The van der Waals surface area contributed by atoms with Crippen molar-refractivity contribution in [1.82, 2.24) is 10.6 Å². The lowest BCUT2D eigenvalue weighted by atomic mass is 9.90. The summed E-state index contributed by atoms with van der Waals surface area (Å²) in [6, 6.07) is -0.498. The van der Waals surface area contributed by atoms with E-state index in [1.165, 1.54) is 0 Å². The molecule has 20 heavy (non-hydrogen) atoms. The molecule has 7 nitrogen and oxygen atoms in total. The minimum absolute atomic E-state index is 0.268. The van der Waals surface area contributed by atoms with Crippen molar-refractivity contribution in [2.75, 3.05) is 26.4 Å². The largest absolute Gasteiger partial charge is 0.480 e. The first-order valence-electron chi connectivity index (χ1n) is 6.82. The lowest BCUT2D eigenvalue weighted by Crippen LogP contribution is -2.60. The van der Waals surface area contributed by atoms with Crippen LogP contribution in [0, 0.1) is 0 Å². The van der Waals surface area contributed by atoms with E-state index in [1.807, 2.05) is 20.8 Å². The van der Waals surface area contributed by atoms with E-state index in [0.717, 1.165) is 0 Å². The second-order valence-electron chi connectivity index (χ2n) is 5.50. The van der Waals surface area contributed by atoms with Gasteiger partial charge < -0.3 is 25.2 Å². The van der Waals surface area contributed by atoms with Gasteiger partial charge in [-0.2, -0.15) is 0 Å². The van der Waals surface area contributed by atoms with Crippen molar-refractivity contribution in [2.45, 2.75) is 44.8 Å². The molecule has 1 rings (SSSR count). The van der Waals surface area contributed by atoms with E-state index >= 15 is 0 Å². The fourth-order valence-electron chi connectivity index (χ4n) is 2.11. The molecule has 0 spiro atoms. The van der Waals surface area contributed by atoms with Gasteiger partial charge in [0.2, 0.25) is 0 Å². The Balaban J connectivity index is 2.53. The van der Waals surface area contributed by atoms with E-state index < -0.39 is 23.1 Å². The minimum atomic E-state index is -1.24. The van der Waals surface area contributed by atoms with E-state index in [1.54, 1.807) is 0 Å². The number of carboxylic acids is 1. The fraction of sp³-hybridized carbons (Fsp3) is 0.846. The van der Waals surface area contributed by atoms with Crippen LogP contribution in [0.25, 0.3) is 0 Å². The molecule has 7 heteroatoms.